The quantitative estimate of drug-likeness (QED) is 0.285. The van der Waals surface area contributed by atoms with Gasteiger partial charge < -0.3 is 9.47 Å². The fraction of sp³-hybridized carbons (Fsp3) is 0.115. The molecule has 0 fully saturated rings. The lowest BCUT2D eigenvalue weighted by Crippen LogP contribution is -2.15. The number of nitrogens with zero attached hydrogens (tertiary/aromatic N) is 3. The van der Waals surface area contributed by atoms with Crippen molar-refractivity contribution in [3.8, 4) is 33.3 Å². The average molecular weight is 537 g/mol. The number of anilines is 1. The summed E-state index contributed by atoms with van der Waals surface area (Å²) in [5.74, 6) is -0.136. The van der Waals surface area contributed by atoms with E-state index in [0.29, 0.717) is 27.7 Å². The molecule has 0 bridgehead atoms. The van der Waals surface area contributed by atoms with Crippen molar-refractivity contribution in [3.05, 3.63) is 78.4 Å². The van der Waals surface area contributed by atoms with E-state index in [0.717, 1.165) is 33.7 Å². The van der Waals surface area contributed by atoms with Gasteiger partial charge in [-0.25, -0.2) is 27.8 Å². The average Bonchev–Trinajstić information content (AvgIpc) is 3.33. The number of sulfonamides is 1. The van der Waals surface area contributed by atoms with Crippen molar-refractivity contribution >= 4 is 37.4 Å². The molecule has 2 aromatic carbocycles. The molecule has 5 rings (SSSR count). The van der Waals surface area contributed by atoms with E-state index in [1.807, 2.05) is 24.3 Å². The van der Waals surface area contributed by atoms with Crippen molar-refractivity contribution in [3.63, 3.8) is 0 Å². The molecule has 0 spiro atoms. The number of halogens is 1. The van der Waals surface area contributed by atoms with Crippen LogP contribution in [0.3, 0.4) is 0 Å². The van der Waals surface area contributed by atoms with Crippen LogP contribution in [0.4, 0.5) is 10.1 Å². The van der Waals surface area contributed by atoms with Crippen LogP contribution in [0.15, 0.2) is 71.9 Å². The third kappa shape index (κ3) is 4.83. The number of thiazole rings is 1. The summed E-state index contributed by atoms with van der Waals surface area (Å²) < 4.78 is 52.9. The molecule has 0 atom stereocenters. The second-order valence-electron chi connectivity index (χ2n) is 8.03. The largest absolute Gasteiger partial charge is 0.495 e. The third-order valence-electron chi connectivity index (χ3n) is 5.75. The normalized spacial score (nSPS) is 11.5. The second kappa shape index (κ2) is 9.75. The Balaban J connectivity index is 1.50. The van der Waals surface area contributed by atoms with E-state index in [-0.39, 0.29) is 10.6 Å². The van der Waals surface area contributed by atoms with Gasteiger partial charge in [-0.2, -0.15) is 0 Å². The first kappa shape index (κ1) is 24.6. The fourth-order valence-electron chi connectivity index (χ4n) is 3.84. The Morgan fingerprint density at radius 1 is 0.973 bits per heavy atom. The number of fused-ring (bicyclic) bond motifs is 1. The van der Waals surface area contributed by atoms with Crippen LogP contribution in [0, 0.1) is 12.7 Å². The van der Waals surface area contributed by atoms with Gasteiger partial charge in [-0.1, -0.05) is 23.5 Å². The number of aromatic nitrogens is 3. The van der Waals surface area contributed by atoms with Gasteiger partial charge in [0, 0.05) is 29.6 Å². The van der Waals surface area contributed by atoms with Gasteiger partial charge in [-0.15, -0.1) is 0 Å². The van der Waals surface area contributed by atoms with Gasteiger partial charge in [0.25, 0.3) is 10.0 Å². The summed E-state index contributed by atoms with van der Waals surface area (Å²) in [5, 5.41) is 0.689. The lowest BCUT2D eigenvalue weighted by Gasteiger charge is -2.14. The minimum Gasteiger partial charge on any atom is -0.495 e. The summed E-state index contributed by atoms with van der Waals surface area (Å²) in [6.45, 7) is 1.80. The minimum atomic E-state index is -4.13. The zero-order valence-corrected chi connectivity index (χ0v) is 21.7. The maximum absolute atomic E-state index is 13.8. The molecule has 3 heterocycles. The van der Waals surface area contributed by atoms with E-state index < -0.39 is 15.8 Å². The first-order chi connectivity index (χ1) is 17.8. The summed E-state index contributed by atoms with van der Waals surface area (Å²) in [4.78, 5) is 13.9. The number of ether oxygens (including phenoxy) is 2. The van der Waals surface area contributed by atoms with Crippen molar-refractivity contribution in [2.45, 2.75) is 11.8 Å². The number of hydrogen-bond acceptors (Lipinski definition) is 8. The number of pyridine rings is 2. The van der Waals surface area contributed by atoms with E-state index >= 15 is 0 Å². The Labute approximate surface area is 216 Å². The van der Waals surface area contributed by atoms with Crippen molar-refractivity contribution in [1.29, 1.82) is 0 Å². The number of rotatable bonds is 7. The molecule has 37 heavy (non-hydrogen) atoms. The molecule has 0 radical (unpaired) electrons. The van der Waals surface area contributed by atoms with Crippen molar-refractivity contribution < 1.29 is 22.3 Å². The summed E-state index contributed by atoms with van der Waals surface area (Å²) >= 11 is 1.40. The van der Waals surface area contributed by atoms with Crippen LogP contribution in [-0.2, 0) is 10.0 Å². The molecular formula is C26H21FN4O4S2. The highest BCUT2D eigenvalue weighted by Gasteiger charge is 2.22. The van der Waals surface area contributed by atoms with Crippen molar-refractivity contribution in [1.82, 2.24) is 15.0 Å². The first-order valence-corrected chi connectivity index (χ1v) is 13.3. The number of nitrogens with one attached hydrogen (secondary N) is 1. The predicted molar refractivity (Wildman–Crippen MR) is 141 cm³/mol. The molecule has 8 nitrogen and oxygen atoms in total. The monoisotopic (exact) mass is 536 g/mol. The zero-order chi connectivity index (χ0) is 26.2. The van der Waals surface area contributed by atoms with Gasteiger partial charge in [-0.05, 0) is 54.4 Å². The molecule has 0 unspecified atom stereocenters. The van der Waals surface area contributed by atoms with Crippen LogP contribution in [0.25, 0.3) is 32.0 Å². The number of hydrogen-bond donors (Lipinski definition) is 1. The van der Waals surface area contributed by atoms with Crippen LogP contribution in [0.5, 0.6) is 11.6 Å². The highest BCUT2D eigenvalue weighted by molar-refractivity contribution is 7.92. The van der Waals surface area contributed by atoms with Crippen molar-refractivity contribution in [2.75, 3.05) is 18.9 Å². The molecule has 3 aromatic heterocycles. The zero-order valence-electron chi connectivity index (χ0n) is 20.0. The van der Waals surface area contributed by atoms with Gasteiger partial charge in [0.1, 0.15) is 31.8 Å². The molecule has 0 saturated heterocycles. The van der Waals surface area contributed by atoms with Gasteiger partial charge in [0.15, 0.2) is 0 Å². The molecule has 0 aliphatic heterocycles. The van der Waals surface area contributed by atoms with Crippen LogP contribution < -0.4 is 14.2 Å². The summed E-state index contributed by atoms with van der Waals surface area (Å²) in [5.41, 5.74) is 4.24. The van der Waals surface area contributed by atoms with Gasteiger partial charge in [0.05, 0.1) is 19.9 Å². The molecule has 11 heteroatoms. The predicted octanol–water partition coefficient (Wildman–Crippen LogP) is 5.69. The van der Waals surface area contributed by atoms with Gasteiger partial charge in [-0.3, -0.25) is 4.72 Å². The number of benzene rings is 2. The molecule has 0 aliphatic carbocycles. The Morgan fingerprint density at radius 2 is 1.81 bits per heavy atom. The standard InChI is InChI=1S/C26H21FN4O4S2/c1-15-19(5-4-6-20(15)31-37(32,33)23-13-18(27)7-8-22(23)34-2)25-30-21-11-17(14-29-26(21)36-25)16-9-10-28-24(12-16)35-3/h4-14,31H,1-3H3. The topological polar surface area (TPSA) is 103 Å². The van der Waals surface area contributed by atoms with Gasteiger partial charge in [0.2, 0.25) is 5.88 Å². The molecular weight excluding hydrogens is 515 g/mol. The van der Waals surface area contributed by atoms with Crippen LogP contribution >= 0.6 is 11.3 Å². The van der Waals surface area contributed by atoms with E-state index in [1.54, 1.807) is 38.6 Å². The highest BCUT2D eigenvalue weighted by Crippen LogP contribution is 2.36. The van der Waals surface area contributed by atoms with Crippen molar-refractivity contribution in [2.24, 2.45) is 0 Å². The molecule has 0 aliphatic rings. The Kier molecular flexibility index (Phi) is 6.48. The fourth-order valence-corrected chi connectivity index (χ4v) is 6.11. The summed E-state index contributed by atoms with van der Waals surface area (Å²) in [6.07, 6.45) is 3.43. The molecule has 0 amide bonds. The Morgan fingerprint density at radius 3 is 2.59 bits per heavy atom. The van der Waals surface area contributed by atoms with Gasteiger partial charge >= 0.3 is 0 Å². The van der Waals surface area contributed by atoms with Crippen LogP contribution in [0.2, 0.25) is 0 Å². The summed E-state index contributed by atoms with van der Waals surface area (Å²) in [7, 11) is -1.24. The lowest BCUT2D eigenvalue weighted by molar-refractivity contribution is 0.398. The number of methoxy groups -OCH3 is 2. The second-order valence-corrected chi connectivity index (χ2v) is 10.7. The molecule has 0 saturated carbocycles. The molecule has 1 N–H and O–H groups in total. The minimum absolute atomic E-state index is 0.0441. The molecule has 5 aromatic rings. The first-order valence-electron chi connectivity index (χ1n) is 11.0. The van der Waals surface area contributed by atoms with Crippen LogP contribution in [-0.4, -0.2) is 37.6 Å². The summed E-state index contributed by atoms with van der Waals surface area (Å²) in [6, 6.07) is 14.2. The SMILES string of the molecule is COc1cc(-c2cnc3sc(-c4cccc(NS(=O)(=O)c5cc(F)ccc5OC)c4C)nc3c2)ccn1. The maximum Gasteiger partial charge on any atom is 0.265 e. The smallest absolute Gasteiger partial charge is 0.265 e. The lowest BCUT2D eigenvalue weighted by atomic mass is 10.1. The third-order valence-corrected chi connectivity index (χ3v) is 8.15. The van der Waals surface area contributed by atoms with E-state index in [1.165, 1.54) is 24.5 Å². The molecule has 188 valence electrons. The van der Waals surface area contributed by atoms with E-state index in [2.05, 4.69) is 14.7 Å². The maximum atomic E-state index is 13.8. The van der Waals surface area contributed by atoms with E-state index in [4.69, 9.17) is 14.5 Å². The van der Waals surface area contributed by atoms with Crippen LogP contribution in [0.1, 0.15) is 5.56 Å². The van der Waals surface area contributed by atoms with E-state index in [9.17, 15) is 12.8 Å². The Bertz CT molecular complexity index is 1740. The highest BCUT2D eigenvalue weighted by atomic mass is 32.2. The Hall–Kier alpha value is -4.09.